The van der Waals surface area contributed by atoms with Crippen LogP contribution in [0.3, 0.4) is 0 Å². The topological polar surface area (TPSA) is 128 Å². The van der Waals surface area contributed by atoms with Gasteiger partial charge >= 0.3 is 0 Å². The van der Waals surface area contributed by atoms with Crippen LogP contribution in [0.5, 0.6) is 11.5 Å². The average molecular weight is 483 g/mol. The Labute approximate surface area is 205 Å². The summed E-state index contributed by atoms with van der Waals surface area (Å²) in [5, 5.41) is 29.4. The van der Waals surface area contributed by atoms with Crippen LogP contribution < -0.4 is 14.8 Å². The van der Waals surface area contributed by atoms with Crippen LogP contribution in [0.25, 0.3) is 33.4 Å². The molecule has 35 heavy (non-hydrogen) atoms. The zero-order chi connectivity index (χ0) is 24.6. The van der Waals surface area contributed by atoms with E-state index in [1.807, 2.05) is 24.3 Å². The third-order valence-corrected chi connectivity index (χ3v) is 5.96. The molecule has 3 aromatic heterocycles. The second-order valence-electron chi connectivity index (χ2n) is 6.98. The average Bonchev–Trinajstić information content (AvgIpc) is 3.63. The maximum atomic E-state index is 8.97. The molecule has 9 heteroatoms. The van der Waals surface area contributed by atoms with Gasteiger partial charge in [0.05, 0.1) is 0 Å². The molecule has 4 rings (SSSR count). The van der Waals surface area contributed by atoms with Crippen molar-refractivity contribution < 1.29 is 18.3 Å². The van der Waals surface area contributed by atoms with E-state index in [1.165, 1.54) is 17.4 Å². The third-order valence-electron chi connectivity index (χ3n) is 4.78. The standard InChI is InChI=1S/C26H18N4O4S/c1-30-18(16-29)5-3-7-20-9-11-22(34-20)26-24-23(31-12-13-32-24)25(35-26)21-10-8-19(33-21)6-2-4-17(14-27)15-28/h2-11,30H,12-13H2,1H3/b6-2+,7-3+,18-5-. The van der Waals surface area contributed by atoms with E-state index < -0.39 is 0 Å². The first-order chi connectivity index (χ1) is 17.2. The number of nitrogens with zero attached hydrogens (tertiary/aromatic N) is 3. The first-order valence-electron chi connectivity index (χ1n) is 10.4. The number of nitrogens with one attached hydrogen (secondary N) is 1. The van der Waals surface area contributed by atoms with Crippen molar-refractivity contribution in [2.45, 2.75) is 0 Å². The molecule has 172 valence electrons. The lowest BCUT2D eigenvalue weighted by Crippen LogP contribution is -2.14. The van der Waals surface area contributed by atoms with Crippen LogP contribution in [0.15, 0.2) is 68.7 Å². The lowest BCUT2D eigenvalue weighted by molar-refractivity contribution is 0.174. The SMILES string of the molecule is CN/C(C#N)=C\C=C\c1ccc(-c2sc(-c3ccc(/C=C/C=C(C#N)C#N)o3)c3c2OCCO3)o1. The Balaban J connectivity index is 1.62. The summed E-state index contributed by atoms with van der Waals surface area (Å²) in [6.45, 7) is 0.846. The number of allylic oxidation sites excluding steroid dienone is 6. The molecule has 0 saturated carbocycles. The highest BCUT2D eigenvalue weighted by Crippen LogP contribution is 2.54. The van der Waals surface area contributed by atoms with Crippen molar-refractivity contribution in [1.29, 1.82) is 15.8 Å². The molecule has 1 N–H and O–H groups in total. The number of hydrogen-bond donors (Lipinski definition) is 1. The molecule has 0 bridgehead atoms. The van der Waals surface area contributed by atoms with Gasteiger partial charge in [0.2, 0.25) is 0 Å². The molecule has 1 aliphatic heterocycles. The van der Waals surface area contributed by atoms with Gasteiger partial charge in [0.1, 0.15) is 75.5 Å². The molecule has 0 unspecified atom stereocenters. The highest BCUT2D eigenvalue weighted by atomic mass is 32.1. The Morgan fingerprint density at radius 2 is 1.37 bits per heavy atom. The number of ether oxygens (including phenoxy) is 2. The van der Waals surface area contributed by atoms with Gasteiger partial charge in [-0.1, -0.05) is 12.2 Å². The van der Waals surface area contributed by atoms with Gasteiger partial charge in [-0.05, 0) is 48.6 Å². The molecular formula is C26H18N4O4S. The second-order valence-corrected chi connectivity index (χ2v) is 8.00. The van der Waals surface area contributed by atoms with Gasteiger partial charge in [-0.2, -0.15) is 15.8 Å². The van der Waals surface area contributed by atoms with Gasteiger partial charge < -0.3 is 23.6 Å². The van der Waals surface area contributed by atoms with E-state index in [0.29, 0.717) is 53.5 Å². The van der Waals surface area contributed by atoms with Crippen LogP contribution in [0.1, 0.15) is 11.5 Å². The predicted molar refractivity (Wildman–Crippen MR) is 131 cm³/mol. The van der Waals surface area contributed by atoms with Crippen LogP contribution in [0, 0.1) is 34.0 Å². The summed E-state index contributed by atoms with van der Waals surface area (Å²) in [5.74, 6) is 3.60. The minimum atomic E-state index is 0.00626. The Kier molecular flexibility index (Phi) is 7.18. The molecule has 0 aliphatic carbocycles. The van der Waals surface area contributed by atoms with Crippen molar-refractivity contribution in [3.63, 3.8) is 0 Å². The van der Waals surface area contributed by atoms with Crippen molar-refractivity contribution in [2.24, 2.45) is 0 Å². The first kappa shape index (κ1) is 23.3. The monoisotopic (exact) mass is 482 g/mol. The zero-order valence-corrected chi connectivity index (χ0v) is 19.4. The van der Waals surface area contributed by atoms with Gasteiger partial charge in [0, 0.05) is 7.05 Å². The van der Waals surface area contributed by atoms with E-state index in [0.717, 1.165) is 9.75 Å². The summed E-state index contributed by atoms with van der Waals surface area (Å²) >= 11 is 1.43. The lowest BCUT2D eigenvalue weighted by atomic mass is 10.2. The molecular weight excluding hydrogens is 464 g/mol. The molecule has 0 atom stereocenters. The summed E-state index contributed by atoms with van der Waals surface area (Å²) in [6.07, 6.45) is 9.83. The fraction of sp³-hybridized carbons (Fsp3) is 0.115. The molecule has 0 aromatic carbocycles. The summed E-state index contributed by atoms with van der Waals surface area (Å²) in [4.78, 5) is 1.55. The van der Waals surface area contributed by atoms with Crippen LogP contribution in [-0.4, -0.2) is 20.3 Å². The van der Waals surface area contributed by atoms with E-state index in [4.69, 9.17) is 34.1 Å². The van der Waals surface area contributed by atoms with Gasteiger partial charge in [-0.15, -0.1) is 11.3 Å². The number of rotatable bonds is 7. The normalized spacial score (nSPS) is 12.8. The minimum Gasteiger partial charge on any atom is -0.484 e. The molecule has 0 saturated heterocycles. The third kappa shape index (κ3) is 5.20. The molecule has 1 aliphatic rings. The van der Waals surface area contributed by atoms with Crippen LogP contribution in [0.4, 0.5) is 0 Å². The highest BCUT2D eigenvalue weighted by Gasteiger charge is 2.29. The van der Waals surface area contributed by atoms with Gasteiger partial charge in [-0.3, -0.25) is 0 Å². The number of fused-ring (bicyclic) bond motifs is 1. The van der Waals surface area contributed by atoms with Crippen LogP contribution >= 0.6 is 11.3 Å². The Morgan fingerprint density at radius 3 is 1.86 bits per heavy atom. The molecule has 0 spiro atoms. The highest BCUT2D eigenvalue weighted by molar-refractivity contribution is 7.19. The van der Waals surface area contributed by atoms with Gasteiger partial charge in [0.15, 0.2) is 11.5 Å². The summed E-state index contributed by atoms with van der Waals surface area (Å²) < 4.78 is 23.8. The van der Waals surface area contributed by atoms with E-state index in [1.54, 1.807) is 55.6 Å². The van der Waals surface area contributed by atoms with Crippen molar-refractivity contribution in [2.75, 3.05) is 20.3 Å². The van der Waals surface area contributed by atoms with Crippen LogP contribution in [-0.2, 0) is 0 Å². The van der Waals surface area contributed by atoms with Crippen LogP contribution in [0.2, 0.25) is 0 Å². The summed E-state index contributed by atoms with van der Waals surface area (Å²) in [7, 11) is 1.68. The first-order valence-corrected chi connectivity index (χ1v) is 11.3. The van der Waals surface area contributed by atoms with Gasteiger partial charge in [0.25, 0.3) is 0 Å². The summed E-state index contributed by atoms with van der Waals surface area (Å²) in [6, 6.07) is 12.9. The second kappa shape index (κ2) is 10.8. The van der Waals surface area contributed by atoms with E-state index in [2.05, 4.69) is 5.32 Å². The maximum absolute atomic E-state index is 8.97. The van der Waals surface area contributed by atoms with E-state index >= 15 is 0 Å². The molecule has 4 heterocycles. The predicted octanol–water partition coefficient (Wildman–Crippen LogP) is 5.67. The Hall–Kier alpha value is -4.91. The van der Waals surface area contributed by atoms with Crippen molar-refractivity contribution in [3.8, 4) is 51.0 Å². The Bertz CT molecular complexity index is 1460. The Morgan fingerprint density at radius 1 is 0.829 bits per heavy atom. The molecule has 0 radical (unpaired) electrons. The molecule has 8 nitrogen and oxygen atoms in total. The fourth-order valence-electron chi connectivity index (χ4n) is 3.16. The zero-order valence-electron chi connectivity index (χ0n) is 18.6. The van der Waals surface area contributed by atoms with E-state index in [-0.39, 0.29) is 5.57 Å². The molecule has 0 amide bonds. The molecule has 0 fully saturated rings. The number of nitriles is 3. The summed E-state index contributed by atoms with van der Waals surface area (Å²) in [5.41, 5.74) is 0.446. The number of thiophene rings is 1. The van der Waals surface area contributed by atoms with Crippen molar-refractivity contribution in [3.05, 3.63) is 71.4 Å². The quantitative estimate of drug-likeness (QED) is 0.337. The maximum Gasteiger partial charge on any atom is 0.183 e. The van der Waals surface area contributed by atoms with E-state index in [9.17, 15) is 0 Å². The van der Waals surface area contributed by atoms with Gasteiger partial charge in [-0.25, -0.2) is 0 Å². The number of furan rings is 2. The van der Waals surface area contributed by atoms with Crippen molar-refractivity contribution in [1.82, 2.24) is 5.32 Å². The smallest absolute Gasteiger partial charge is 0.183 e. The minimum absolute atomic E-state index is 0.00626. The fourth-order valence-corrected chi connectivity index (χ4v) is 4.27. The van der Waals surface area contributed by atoms with Crippen molar-refractivity contribution >= 4 is 23.5 Å². The lowest BCUT2D eigenvalue weighted by Gasteiger charge is -2.16. The number of hydrogen-bond acceptors (Lipinski definition) is 9. The molecule has 3 aromatic rings. The largest absolute Gasteiger partial charge is 0.484 e.